The van der Waals surface area contributed by atoms with E-state index in [9.17, 15) is 0 Å². The summed E-state index contributed by atoms with van der Waals surface area (Å²) in [5.41, 5.74) is 2.47. The highest BCUT2D eigenvalue weighted by Crippen LogP contribution is 2.15. The first-order valence-corrected chi connectivity index (χ1v) is 3.40. The third-order valence-corrected chi connectivity index (χ3v) is 1.72. The van der Waals surface area contributed by atoms with Gasteiger partial charge >= 0.3 is 0 Å². The highest BCUT2D eigenvalue weighted by atomic mass is 16.3. The van der Waals surface area contributed by atoms with Crippen molar-refractivity contribution in [2.24, 2.45) is 0 Å². The van der Waals surface area contributed by atoms with Crippen molar-refractivity contribution in [3.8, 4) is 0 Å². The first kappa shape index (κ1) is 7.13. The van der Waals surface area contributed by atoms with E-state index in [4.69, 9.17) is 4.42 Å². The molecule has 54 valence electrons. The summed E-state index contributed by atoms with van der Waals surface area (Å²) in [4.78, 5) is 0. The van der Waals surface area contributed by atoms with Gasteiger partial charge in [-0.05, 0) is 25.0 Å². The van der Waals surface area contributed by atoms with Crippen LogP contribution < -0.4 is 0 Å². The van der Waals surface area contributed by atoms with E-state index in [0.717, 1.165) is 12.2 Å². The molecule has 1 heteroatoms. The zero-order valence-electron chi connectivity index (χ0n) is 6.48. The first-order valence-electron chi connectivity index (χ1n) is 3.40. The van der Waals surface area contributed by atoms with E-state index in [-0.39, 0.29) is 0 Å². The lowest BCUT2D eigenvalue weighted by atomic mass is 10.1. The summed E-state index contributed by atoms with van der Waals surface area (Å²) in [6.07, 6.45) is 4.47. The predicted octanol–water partition coefficient (Wildman–Crippen LogP) is 2.62. The van der Waals surface area contributed by atoms with Gasteiger partial charge < -0.3 is 4.42 Å². The lowest BCUT2D eigenvalue weighted by Crippen LogP contribution is -1.80. The van der Waals surface area contributed by atoms with E-state index in [1.165, 1.54) is 11.1 Å². The van der Waals surface area contributed by atoms with Crippen LogP contribution in [0.1, 0.15) is 16.9 Å². The van der Waals surface area contributed by atoms with Crippen molar-refractivity contribution in [1.29, 1.82) is 0 Å². The third kappa shape index (κ3) is 1.13. The second-order valence-electron chi connectivity index (χ2n) is 2.46. The quantitative estimate of drug-likeness (QED) is 0.569. The number of hydrogen-bond donors (Lipinski definition) is 0. The van der Waals surface area contributed by atoms with Gasteiger partial charge in [-0.15, -0.1) is 6.58 Å². The maximum Gasteiger partial charge on any atom is 0.110 e. The van der Waals surface area contributed by atoms with E-state index in [0.29, 0.717) is 0 Å². The van der Waals surface area contributed by atoms with Crippen molar-refractivity contribution < 1.29 is 4.42 Å². The summed E-state index contributed by atoms with van der Waals surface area (Å²) in [6, 6.07) is 0. The summed E-state index contributed by atoms with van der Waals surface area (Å²) in [5.74, 6) is 1.03. The molecule has 0 amide bonds. The van der Waals surface area contributed by atoms with Crippen molar-refractivity contribution in [2.75, 3.05) is 0 Å². The van der Waals surface area contributed by atoms with Crippen molar-refractivity contribution in [3.63, 3.8) is 0 Å². The highest BCUT2D eigenvalue weighted by molar-refractivity contribution is 5.25. The van der Waals surface area contributed by atoms with E-state index in [1.807, 2.05) is 13.0 Å². The second kappa shape index (κ2) is 2.74. The van der Waals surface area contributed by atoms with Gasteiger partial charge in [-0.3, -0.25) is 0 Å². The Kier molecular flexibility index (Phi) is 1.95. The largest absolute Gasteiger partial charge is 0.468 e. The Morgan fingerprint density at radius 3 is 2.70 bits per heavy atom. The Hall–Kier alpha value is -0.980. The molecule has 1 heterocycles. The molecule has 10 heavy (non-hydrogen) atoms. The van der Waals surface area contributed by atoms with Crippen LogP contribution in [0.25, 0.3) is 0 Å². The average molecular weight is 136 g/mol. The lowest BCUT2D eigenvalue weighted by molar-refractivity contribution is 0.519. The van der Waals surface area contributed by atoms with Gasteiger partial charge in [0.1, 0.15) is 5.76 Å². The first-order chi connectivity index (χ1) is 4.75. The van der Waals surface area contributed by atoms with Gasteiger partial charge in [0, 0.05) is 6.42 Å². The zero-order chi connectivity index (χ0) is 7.56. The monoisotopic (exact) mass is 136 g/mol. The molecule has 0 aliphatic rings. The molecule has 0 spiro atoms. The Bertz CT molecular complexity index is 233. The Labute approximate surface area is 61.4 Å². The summed E-state index contributed by atoms with van der Waals surface area (Å²) in [7, 11) is 0. The van der Waals surface area contributed by atoms with Gasteiger partial charge in [-0.25, -0.2) is 0 Å². The molecule has 1 aromatic heterocycles. The molecule has 1 rings (SSSR count). The van der Waals surface area contributed by atoms with E-state index in [2.05, 4.69) is 13.5 Å². The topological polar surface area (TPSA) is 13.1 Å². The van der Waals surface area contributed by atoms with Gasteiger partial charge in [0.15, 0.2) is 0 Å². The fourth-order valence-electron chi connectivity index (χ4n) is 0.889. The Morgan fingerprint density at radius 2 is 2.30 bits per heavy atom. The Morgan fingerprint density at radius 1 is 1.60 bits per heavy atom. The van der Waals surface area contributed by atoms with Crippen LogP contribution in [0.3, 0.4) is 0 Å². The van der Waals surface area contributed by atoms with Crippen molar-refractivity contribution in [1.82, 2.24) is 0 Å². The molecule has 0 atom stereocenters. The molecule has 0 radical (unpaired) electrons. The zero-order valence-corrected chi connectivity index (χ0v) is 6.48. The Balaban J connectivity index is 2.93. The van der Waals surface area contributed by atoms with Gasteiger partial charge in [-0.2, -0.15) is 0 Å². The minimum absolute atomic E-state index is 0.833. The molecular weight excluding hydrogens is 124 g/mol. The van der Waals surface area contributed by atoms with E-state index < -0.39 is 0 Å². The number of aryl methyl sites for hydroxylation is 1. The summed E-state index contributed by atoms with van der Waals surface area (Å²) in [5, 5.41) is 0. The summed E-state index contributed by atoms with van der Waals surface area (Å²) >= 11 is 0. The van der Waals surface area contributed by atoms with Crippen molar-refractivity contribution >= 4 is 0 Å². The number of rotatable bonds is 2. The highest BCUT2D eigenvalue weighted by Gasteiger charge is 2.02. The van der Waals surface area contributed by atoms with Crippen LogP contribution in [0.5, 0.6) is 0 Å². The molecule has 0 unspecified atom stereocenters. The van der Waals surface area contributed by atoms with Gasteiger partial charge in [0.25, 0.3) is 0 Å². The maximum absolute atomic E-state index is 5.26. The van der Waals surface area contributed by atoms with Crippen LogP contribution in [0, 0.1) is 13.8 Å². The van der Waals surface area contributed by atoms with Crippen LogP contribution in [0.2, 0.25) is 0 Å². The summed E-state index contributed by atoms with van der Waals surface area (Å²) < 4.78 is 5.26. The molecule has 0 fully saturated rings. The van der Waals surface area contributed by atoms with Crippen LogP contribution in [-0.4, -0.2) is 0 Å². The normalized spacial score (nSPS) is 9.80. The standard InChI is InChI=1S/C9H12O/c1-4-5-9-8(3)7(2)6-10-9/h4,6H,1,5H2,2-3H3. The molecule has 1 nitrogen and oxygen atoms in total. The predicted molar refractivity (Wildman–Crippen MR) is 42.1 cm³/mol. The maximum atomic E-state index is 5.26. The van der Waals surface area contributed by atoms with Crippen LogP contribution >= 0.6 is 0 Å². The summed E-state index contributed by atoms with van der Waals surface area (Å²) in [6.45, 7) is 7.76. The third-order valence-electron chi connectivity index (χ3n) is 1.72. The fraction of sp³-hybridized carbons (Fsp3) is 0.333. The fourth-order valence-corrected chi connectivity index (χ4v) is 0.889. The molecule has 0 aliphatic carbocycles. The number of hydrogen-bond acceptors (Lipinski definition) is 1. The molecule has 0 saturated carbocycles. The average Bonchev–Trinajstić information content (AvgIpc) is 2.20. The van der Waals surface area contributed by atoms with Crippen LogP contribution in [-0.2, 0) is 6.42 Å². The molecular formula is C9H12O. The van der Waals surface area contributed by atoms with E-state index in [1.54, 1.807) is 6.26 Å². The number of allylic oxidation sites excluding steroid dienone is 1. The van der Waals surface area contributed by atoms with Crippen LogP contribution in [0.15, 0.2) is 23.3 Å². The van der Waals surface area contributed by atoms with E-state index >= 15 is 0 Å². The van der Waals surface area contributed by atoms with Crippen molar-refractivity contribution in [2.45, 2.75) is 20.3 Å². The minimum Gasteiger partial charge on any atom is -0.468 e. The molecule has 0 aliphatic heterocycles. The van der Waals surface area contributed by atoms with Crippen LogP contribution in [0.4, 0.5) is 0 Å². The second-order valence-corrected chi connectivity index (χ2v) is 2.46. The van der Waals surface area contributed by atoms with Gasteiger partial charge in [0.05, 0.1) is 6.26 Å². The molecule has 1 aromatic rings. The smallest absolute Gasteiger partial charge is 0.110 e. The minimum atomic E-state index is 0.833. The van der Waals surface area contributed by atoms with Crippen molar-refractivity contribution in [3.05, 3.63) is 35.8 Å². The lowest BCUT2D eigenvalue weighted by Gasteiger charge is -1.90. The molecule has 0 N–H and O–H groups in total. The SMILES string of the molecule is C=CCc1occ(C)c1C. The number of furan rings is 1. The molecule has 0 bridgehead atoms. The van der Waals surface area contributed by atoms with Gasteiger partial charge in [-0.1, -0.05) is 6.08 Å². The molecule has 0 aromatic carbocycles. The molecule has 0 saturated heterocycles. The van der Waals surface area contributed by atoms with Gasteiger partial charge in [0.2, 0.25) is 0 Å².